The summed E-state index contributed by atoms with van der Waals surface area (Å²) in [5.74, 6) is 2.68. The van der Waals surface area contributed by atoms with E-state index in [2.05, 4.69) is 38.6 Å². The molecule has 0 N–H and O–H groups in total. The Labute approximate surface area is 133 Å². The van der Waals surface area contributed by atoms with Crippen molar-refractivity contribution in [3.8, 4) is 0 Å². The van der Waals surface area contributed by atoms with Crippen molar-refractivity contribution in [3.05, 3.63) is 5.82 Å². The summed E-state index contributed by atoms with van der Waals surface area (Å²) in [4.78, 5) is 20.4. The first kappa shape index (κ1) is 16.9. The highest BCUT2D eigenvalue weighted by Gasteiger charge is 2.21. The van der Waals surface area contributed by atoms with Crippen LogP contribution in [0, 0.1) is 0 Å². The quantitative estimate of drug-likeness (QED) is 0.771. The molecule has 1 saturated heterocycles. The summed E-state index contributed by atoms with van der Waals surface area (Å²) < 4.78 is 5.15. The molecule has 1 aliphatic heterocycles. The van der Waals surface area contributed by atoms with Gasteiger partial charge >= 0.3 is 0 Å². The second-order valence-corrected chi connectivity index (χ2v) is 6.16. The third kappa shape index (κ3) is 4.27. The molecule has 0 aromatic carbocycles. The van der Waals surface area contributed by atoms with Gasteiger partial charge in [0.15, 0.2) is 0 Å². The molecule has 1 aliphatic rings. The fraction of sp³-hybridized carbons (Fsp3) is 0.800. The van der Waals surface area contributed by atoms with Crippen molar-refractivity contribution in [2.45, 2.75) is 19.8 Å². The van der Waals surface area contributed by atoms with Crippen molar-refractivity contribution < 1.29 is 4.74 Å². The number of nitrogens with zero attached hydrogens (tertiary/aromatic N) is 6. The maximum Gasteiger partial charge on any atom is 0.230 e. The summed E-state index contributed by atoms with van der Waals surface area (Å²) in [6.07, 6.45) is 0. The number of aromatic nitrogens is 3. The molecule has 7 nitrogen and oxygen atoms in total. The highest BCUT2D eigenvalue weighted by atomic mass is 16.5. The lowest BCUT2D eigenvalue weighted by molar-refractivity contribution is 0.143. The Morgan fingerprint density at radius 2 is 1.77 bits per heavy atom. The van der Waals surface area contributed by atoms with Gasteiger partial charge in [-0.1, -0.05) is 13.8 Å². The van der Waals surface area contributed by atoms with Gasteiger partial charge in [-0.05, 0) is 0 Å². The number of piperazine rings is 1. The van der Waals surface area contributed by atoms with Gasteiger partial charge < -0.3 is 14.5 Å². The van der Waals surface area contributed by atoms with E-state index in [1.54, 1.807) is 7.11 Å². The molecule has 1 aromatic heterocycles. The maximum atomic E-state index is 5.15. The minimum atomic E-state index is 0.295. The Balaban J connectivity index is 2.09. The van der Waals surface area contributed by atoms with Crippen LogP contribution in [0.15, 0.2) is 0 Å². The van der Waals surface area contributed by atoms with Gasteiger partial charge in [-0.2, -0.15) is 15.0 Å². The normalized spacial score (nSPS) is 16.4. The molecule has 7 heteroatoms. The van der Waals surface area contributed by atoms with Crippen molar-refractivity contribution in [2.24, 2.45) is 0 Å². The summed E-state index contributed by atoms with van der Waals surface area (Å²) >= 11 is 0. The molecule has 0 atom stereocenters. The lowest BCUT2D eigenvalue weighted by Crippen LogP contribution is -2.48. The van der Waals surface area contributed by atoms with Gasteiger partial charge in [0.2, 0.25) is 11.9 Å². The number of hydrogen-bond acceptors (Lipinski definition) is 7. The minimum absolute atomic E-state index is 0.295. The average molecular weight is 308 g/mol. The molecule has 22 heavy (non-hydrogen) atoms. The summed E-state index contributed by atoms with van der Waals surface area (Å²) in [7, 11) is 5.68. The molecule has 2 rings (SSSR count). The molecule has 0 saturated carbocycles. The Morgan fingerprint density at radius 3 is 2.32 bits per heavy atom. The highest BCUT2D eigenvalue weighted by molar-refractivity contribution is 5.39. The Kier molecular flexibility index (Phi) is 5.90. The molecular formula is C15H28N6O. The Hall–Kier alpha value is -1.47. The first-order valence-corrected chi connectivity index (χ1v) is 7.90. The van der Waals surface area contributed by atoms with E-state index in [1.165, 1.54) is 0 Å². The van der Waals surface area contributed by atoms with Gasteiger partial charge in [-0.3, -0.25) is 4.90 Å². The summed E-state index contributed by atoms with van der Waals surface area (Å²) in [5, 5.41) is 0. The van der Waals surface area contributed by atoms with Crippen LogP contribution in [-0.4, -0.2) is 80.4 Å². The van der Waals surface area contributed by atoms with Gasteiger partial charge in [0.1, 0.15) is 5.82 Å². The van der Waals surface area contributed by atoms with Gasteiger partial charge in [-0.15, -0.1) is 0 Å². The maximum absolute atomic E-state index is 5.15. The molecule has 0 spiro atoms. The van der Waals surface area contributed by atoms with Gasteiger partial charge in [0.25, 0.3) is 0 Å². The number of anilines is 2. The predicted octanol–water partition coefficient (Wildman–Crippen LogP) is 0.829. The van der Waals surface area contributed by atoms with Crippen LogP contribution >= 0.6 is 0 Å². The topological polar surface area (TPSA) is 57.6 Å². The van der Waals surface area contributed by atoms with E-state index in [0.29, 0.717) is 5.92 Å². The van der Waals surface area contributed by atoms with E-state index in [-0.39, 0.29) is 0 Å². The summed E-state index contributed by atoms with van der Waals surface area (Å²) in [5.41, 5.74) is 0. The SMILES string of the molecule is COCCN1CCN(c2nc(C(C)C)nc(N(C)C)n2)CC1. The smallest absolute Gasteiger partial charge is 0.230 e. The van der Waals surface area contributed by atoms with E-state index in [0.717, 1.165) is 57.1 Å². The van der Waals surface area contributed by atoms with Crippen LogP contribution < -0.4 is 9.80 Å². The van der Waals surface area contributed by atoms with Gasteiger partial charge in [0, 0.05) is 59.8 Å². The van der Waals surface area contributed by atoms with Crippen molar-refractivity contribution in [1.82, 2.24) is 19.9 Å². The zero-order chi connectivity index (χ0) is 16.1. The molecule has 0 radical (unpaired) electrons. The molecule has 124 valence electrons. The highest BCUT2D eigenvalue weighted by Crippen LogP contribution is 2.18. The molecule has 1 fully saturated rings. The second kappa shape index (κ2) is 7.69. The fourth-order valence-corrected chi connectivity index (χ4v) is 2.36. The molecule has 1 aromatic rings. The molecule has 0 bridgehead atoms. The number of ether oxygens (including phenoxy) is 1. The summed E-state index contributed by atoms with van der Waals surface area (Å²) in [6, 6.07) is 0. The lowest BCUT2D eigenvalue weighted by Gasteiger charge is -2.34. The Bertz CT molecular complexity index is 445. The van der Waals surface area contributed by atoms with Crippen LogP contribution in [0.2, 0.25) is 0 Å². The number of hydrogen-bond donors (Lipinski definition) is 0. The van der Waals surface area contributed by atoms with E-state index in [1.807, 2.05) is 19.0 Å². The van der Waals surface area contributed by atoms with Gasteiger partial charge in [0.05, 0.1) is 6.61 Å². The van der Waals surface area contributed by atoms with Crippen LogP contribution in [0.5, 0.6) is 0 Å². The van der Waals surface area contributed by atoms with Crippen molar-refractivity contribution in [1.29, 1.82) is 0 Å². The van der Waals surface area contributed by atoms with Crippen LogP contribution in [0.3, 0.4) is 0 Å². The van der Waals surface area contributed by atoms with Crippen molar-refractivity contribution in [3.63, 3.8) is 0 Å². The van der Waals surface area contributed by atoms with E-state index < -0.39 is 0 Å². The predicted molar refractivity (Wildman–Crippen MR) is 88.8 cm³/mol. The standard InChI is InChI=1S/C15H28N6O/c1-12(2)13-16-14(19(3)4)18-15(17-13)21-8-6-20(7-9-21)10-11-22-5/h12H,6-11H2,1-5H3. The van der Waals surface area contributed by atoms with E-state index >= 15 is 0 Å². The molecule has 0 amide bonds. The molecule has 0 aliphatic carbocycles. The van der Waals surface area contributed by atoms with Crippen molar-refractivity contribution in [2.75, 3.05) is 70.3 Å². The lowest BCUT2D eigenvalue weighted by atomic mass is 10.2. The Morgan fingerprint density at radius 1 is 1.09 bits per heavy atom. The third-order valence-corrected chi connectivity index (χ3v) is 3.81. The van der Waals surface area contributed by atoms with Crippen LogP contribution in [0.1, 0.15) is 25.6 Å². The van der Waals surface area contributed by atoms with E-state index in [4.69, 9.17) is 4.74 Å². The zero-order valence-corrected chi connectivity index (χ0v) is 14.4. The third-order valence-electron chi connectivity index (χ3n) is 3.81. The first-order valence-electron chi connectivity index (χ1n) is 7.90. The minimum Gasteiger partial charge on any atom is -0.383 e. The fourth-order valence-electron chi connectivity index (χ4n) is 2.36. The number of rotatable bonds is 6. The van der Waals surface area contributed by atoms with Crippen LogP contribution in [-0.2, 0) is 4.74 Å². The molecular weight excluding hydrogens is 280 g/mol. The average Bonchev–Trinajstić information content (AvgIpc) is 2.52. The monoisotopic (exact) mass is 308 g/mol. The molecule has 0 unspecified atom stereocenters. The summed E-state index contributed by atoms with van der Waals surface area (Å²) in [6.45, 7) is 9.92. The zero-order valence-electron chi connectivity index (χ0n) is 14.4. The molecule has 2 heterocycles. The number of methoxy groups -OCH3 is 1. The van der Waals surface area contributed by atoms with E-state index in [9.17, 15) is 0 Å². The van der Waals surface area contributed by atoms with Crippen LogP contribution in [0.25, 0.3) is 0 Å². The second-order valence-electron chi connectivity index (χ2n) is 6.16. The first-order chi connectivity index (χ1) is 10.5. The van der Waals surface area contributed by atoms with Crippen molar-refractivity contribution >= 4 is 11.9 Å². The van der Waals surface area contributed by atoms with Gasteiger partial charge in [-0.25, -0.2) is 0 Å². The largest absolute Gasteiger partial charge is 0.383 e. The van der Waals surface area contributed by atoms with Crippen LogP contribution in [0.4, 0.5) is 11.9 Å².